The fraction of sp³-hybridized carbons (Fsp3) is 0.286. The zero-order chi connectivity index (χ0) is 19.5. The van der Waals surface area contributed by atoms with Crippen LogP contribution in [0.5, 0.6) is 5.75 Å². The molecule has 0 heterocycles. The van der Waals surface area contributed by atoms with Crippen LogP contribution in [-0.4, -0.2) is 25.0 Å². The second-order valence-corrected chi connectivity index (χ2v) is 6.03. The highest BCUT2D eigenvalue weighted by molar-refractivity contribution is 5.96. The van der Waals surface area contributed by atoms with Crippen LogP contribution in [-0.2, 0) is 12.8 Å². The Hall–Kier alpha value is -2.76. The molecule has 6 heteroatoms. The van der Waals surface area contributed by atoms with Crippen molar-refractivity contribution in [3.63, 3.8) is 0 Å². The van der Waals surface area contributed by atoms with Crippen LogP contribution in [0.2, 0.25) is 0 Å². The summed E-state index contributed by atoms with van der Waals surface area (Å²) in [7, 11) is 0. The van der Waals surface area contributed by atoms with Crippen molar-refractivity contribution >= 4 is 5.71 Å². The number of alkyl halides is 3. The normalized spacial score (nSPS) is 11.5. The van der Waals surface area contributed by atoms with Crippen molar-refractivity contribution in [2.24, 2.45) is 0 Å². The van der Waals surface area contributed by atoms with E-state index in [-0.39, 0.29) is 0 Å². The third kappa shape index (κ3) is 7.98. The molecule has 0 aliphatic heterocycles. The Kier molecular flexibility index (Phi) is 7.92. The zero-order valence-corrected chi connectivity index (χ0v) is 14.9. The number of nitrogens with one attached hydrogen (secondary N) is 2. The molecule has 0 aliphatic rings. The maximum absolute atomic E-state index is 12.1. The minimum atomic E-state index is -4.60. The number of hydrogen-bond donors (Lipinski definition) is 2. The second kappa shape index (κ2) is 10.4. The minimum Gasteiger partial charge on any atom is -0.494 e. The molecule has 0 spiro atoms. The quantitative estimate of drug-likeness (QED) is 0.456. The van der Waals surface area contributed by atoms with Gasteiger partial charge in [0.25, 0.3) is 0 Å². The Balaban J connectivity index is 1.63. The summed E-state index contributed by atoms with van der Waals surface area (Å²) in [4.78, 5) is 0. The molecular weight excluding hydrogens is 353 g/mol. The number of benzene rings is 2. The maximum Gasteiger partial charge on any atom is 0.432 e. The van der Waals surface area contributed by atoms with Crippen LogP contribution in [0.1, 0.15) is 17.5 Å². The van der Waals surface area contributed by atoms with Crippen molar-refractivity contribution < 1.29 is 17.9 Å². The Bertz CT molecular complexity index is 725. The van der Waals surface area contributed by atoms with Gasteiger partial charge in [-0.3, -0.25) is 5.41 Å². The van der Waals surface area contributed by atoms with Crippen molar-refractivity contribution in [3.8, 4) is 5.75 Å². The van der Waals surface area contributed by atoms with Crippen molar-refractivity contribution in [1.82, 2.24) is 5.32 Å². The van der Waals surface area contributed by atoms with Crippen molar-refractivity contribution in [2.75, 3.05) is 13.2 Å². The molecule has 2 N–H and O–H groups in total. The molecule has 144 valence electrons. The van der Waals surface area contributed by atoms with Crippen LogP contribution < -0.4 is 10.1 Å². The van der Waals surface area contributed by atoms with Crippen molar-refractivity contribution in [3.05, 3.63) is 78.0 Å². The van der Waals surface area contributed by atoms with Crippen LogP contribution in [0.4, 0.5) is 13.2 Å². The predicted molar refractivity (Wildman–Crippen MR) is 101 cm³/mol. The average molecular weight is 376 g/mol. The summed E-state index contributed by atoms with van der Waals surface area (Å²) in [5.41, 5.74) is 0.977. The van der Waals surface area contributed by atoms with Crippen LogP contribution in [0.25, 0.3) is 0 Å². The number of hydrogen-bond acceptors (Lipinski definition) is 3. The van der Waals surface area contributed by atoms with E-state index in [0.29, 0.717) is 25.6 Å². The molecule has 0 amide bonds. The summed E-state index contributed by atoms with van der Waals surface area (Å²) in [6.45, 7) is 1.13. The molecular formula is C21H23F3N2O. The lowest BCUT2D eigenvalue weighted by Gasteiger charge is -2.08. The molecule has 0 aliphatic carbocycles. The predicted octanol–water partition coefficient (Wildman–Crippen LogP) is 4.93. The topological polar surface area (TPSA) is 45.1 Å². The van der Waals surface area contributed by atoms with Crippen LogP contribution >= 0.6 is 0 Å². The number of halogens is 3. The zero-order valence-electron chi connectivity index (χ0n) is 14.9. The molecule has 0 fully saturated rings. The number of ether oxygens (including phenoxy) is 1. The Morgan fingerprint density at radius 2 is 1.63 bits per heavy atom. The summed E-state index contributed by atoms with van der Waals surface area (Å²) in [6, 6.07) is 17.9. The van der Waals surface area contributed by atoms with Gasteiger partial charge in [0.05, 0.1) is 6.61 Å². The van der Waals surface area contributed by atoms with Crippen LogP contribution in [0, 0.1) is 5.41 Å². The van der Waals surface area contributed by atoms with Crippen molar-refractivity contribution in [2.45, 2.75) is 25.4 Å². The van der Waals surface area contributed by atoms with E-state index in [0.717, 1.165) is 30.4 Å². The third-order valence-corrected chi connectivity index (χ3v) is 3.88. The average Bonchev–Trinajstić information content (AvgIpc) is 2.66. The SMILES string of the molecule is N=C(/C=C\NCCc1ccc(OCCCc2ccccc2)cc1)C(F)(F)F. The third-order valence-electron chi connectivity index (χ3n) is 3.88. The molecule has 0 bridgehead atoms. The van der Waals surface area contributed by atoms with Gasteiger partial charge in [-0.05, 0) is 54.8 Å². The molecule has 0 unspecified atom stereocenters. The van der Waals surface area contributed by atoms with E-state index in [1.165, 1.54) is 5.56 Å². The van der Waals surface area contributed by atoms with Gasteiger partial charge in [0.2, 0.25) is 0 Å². The van der Waals surface area contributed by atoms with Gasteiger partial charge < -0.3 is 10.1 Å². The smallest absolute Gasteiger partial charge is 0.432 e. The van der Waals surface area contributed by atoms with Gasteiger partial charge in [0.15, 0.2) is 0 Å². The van der Waals surface area contributed by atoms with E-state index in [9.17, 15) is 13.2 Å². The highest BCUT2D eigenvalue weighted by atomic mass is 19.4. The first-order valence-corrected chi connectivity index (χ1v) is 8.76. The number of rotatable bonds is 10. The van der Waals surface area contributed by atoms with Crippen LogP contribution in [0.3, 0.4) is 0 Å². The molecule has 0 radical (unpaired) electrons. The van der Waals surface area contributed by atoms with E-state index in [4.69, 9.17) is 10.1 Å². The Morgan fingerprint density at radius 3 is 2.30 bits per heavy atom. The first-order valence-electron chi connectivity index (χ1n) is 8.76. The fourth-order valence-corrected chi connectivity index (χ4v) is 2.40. The molecule has 0 saturated carbocycles. The van der Waals surface area contributed by atoms with Crippen LogP contribution in [0.15, 0.2) is 66.9 Å². The van der Waals surface area contributed by atoms with Gasteiger partial charge in [0.1, 0.15) is 11.5 Å². The second-order valence-electron chi connectivity index (χ2n) is 6.03. The van der Waals surface area contributed by atoms with Gasteiger partial charge in [0, 0.05) is 6.54 Å². The molecule has 0 saturated heterocycles. The van der Waals surface area contributed by atoms with E-state index in [1.807, 2.05) is 42.5 Å². The van der Waals surface area contributed by atoms with E-state index >= 15 is 0 Å². The monoisotopic (exact) mass is 376 g/mol. The molecule has 0 atom stereocenters. The summed E-state index contributed by atoms with van der Waals surface area (Å²) in [5.74, 6) is 0.804. The lowest BCUT2D eigenvalue weighted by Crippen LogP contribution is -2.20. The Labute approximate surface area is 157 Å². The van der Waals surface area contributed by atoms with E-state index in [1.54, 1.807) is 0 Å². The highest BCUT2D eigenvalue weighted by Crippen LogP contribution is 2.16. The minimum absolute atomic E-state index is 0.485. The highest BCUT2D eigenvalue weighted by Gasteiger charge is 2.32. The molecule has 3 nitrogen and oxygen atoms in total. The molecule has 0 aromatic heterocycles. The summed E-state index contributed by atoms with van der Waals surface area (Å²) >= 11 is 0. The van der Waals surface area contributed by atoms with Gasteiger partial charge in [-0.1, -0.05) is 42.5 Å². The largest absolute Gasteiger partial charge is 0.494 e. The fourth-order valence-electron chi connectivity index (χ4n) is 2.40. The maximum atomic E-state index is 12.1. The molecule has 2 aromatic rings. The Morgan fingerprint density at radius 1 is 0.963 bits per heavy atom. The number of aryl methyl sites for hydroxylation is 1. The summed E-state index contributed by atoms with van der Waals surface area (Å²) < 4.78 is 42.2. The van der Waals surface area contributed by atoms with E-state index < -0.39 is 11.9 Å². The number of allylic oxidation sites excluding steroid dienone is 1. The van der Waals surface area contributed by atoms with Gasteiger partial charge in [-0.25, -0.2) is 0 Å². The van der Waals surface area contributed by atoms with E-state index in [2.05, 4.69) is 17.4 Å². The lowest BCUT2D eigenvalue weighted by atomic mass is 10.1. The molecule has 27 heavy (non-hydrogen) atoms. The lowest BCUT2D eigenvalue weighted by molar-refractivity contribution is -0.0584. The molecule has 2 rings (SSSR count). The van der Waals surface area contributed by atoms with Gasteiger partial charge in [-0.2, -0.15) is 13.2 Å². The molecule has 2 aromatic carbocycles. The summed E-state index contributed by atoms with van der Waals surface area (Å²) in [5, 5.41) is 9.57. The standard InChI is InChI=1S/C21H23F3N2O/c22-21(23,24)20(25)13-15-26-14-12-18-8-10-19(11-9-18)27-16-4-7-17-5-2-1-3-6-17/h1-3,5-6,8-11,13,15,25-26H,4,7,12,14,16H2/b15-13-,25-20?. The first kappa shape index (κ1) is 20.6. The first-order chi connectivity index (χ1) is 12.9. The van der Waals surface area contributed by atoms with Gasteiger partial charge >= 0.3 is 6.18 Å². The van der Waals surface area contributed by atoms with Crippen molar-refractivity contribution in [1.29, 1.82) is 5.41 Å². The van der Waals surface area contributed by atoms with Gasteiger partial charge in [-0.15, -0.1) is 0 Å². The summed E-state index contributed by atoms with van der Waals surface area (Å²) in [6.07, 6.45) is -0.154.